The fourth-order valence-electron chi connectivity index (χ4n) is 2.48. The summed E-state index contributed by atoms with van der Waals surface area (Å²) in [4.78, 5) is 12.3. The van der Waals surface area contributed by atoms with Crippen molar-refractivity contribution in [1.82, 2.24) is 9.78 Å². The van der Waals surface area contributed by atoms with Gasteiger partial charge in [0.05, 0.1) is 23.1 Å². The summed E-state index contributed by atoms with van der Waals surface area (Å²) in [6.07, 6.45) is -4.31. The summed E-state index contributed by atoms with van der Waals surface area (Å²) < 4.78 is 81.2. The molecule has 10 heteroatoms. The number of aryl methyl sites for hydroxylation is 1. The first kappa shape index (κ1) is 19.5. The molecule has 4 nitrogen and oxygen atoms in total. The number of nitrogens with one attached hydrogen (secondary N) is 1. The van der Waals surface area contributed by atoms with Crippen LogP contribution in [0.25, 0.3) is 5.69 Å². The van der Waals surface area contributed by atoms with E-state index >= 15 is 0 Å². The molecule has 1 amide bonds. The molecule has 0 aliphatic rings. The third-order valence-corrected chi connectivity index (χ3v) is 3.84. The Bertz CT molecular complexity index is 1040. The molecule has 1 N–H and O–H groups in total. The van der Waals surface area contributed by atoms with E-state index < -0.39 is 46.5 Å². The number of nitrogens with zero attached hydrogens (tertiary/aromatic N) is 2. The van der Waals surface area contributed by atoms with Crippen LogP contribution in [-0.2, 0) is 6.18 Å². The normalized spacial score (nSPS) is 11.5. The smallest absolute Gasteiger partial charge is 0.319 e. The first-order valence-electron chi connectivity index (χ1n) is 7.76. The third kappa shape index (κ3) is 3.57. The quantitative estimate of drug-likeness (QED) is 0.505. The molecule has 3 rings (SSSR count). The molecule has 0 saturated carbocycles. The second-order valence-corrected chi connectivity index (χ2v) is 5.83. The van der Waals surface area contributed by atoms with Crippen LogP contribution in [0.4, 0.5) is 32.0 Å². The Morgan fingerprint density at radius 3 is 2.25 bits per heavy atom. The summed E-state index contributed by atoms with van der Waals surface area (Å²) in [5, 5.41) is 5.41. The number of hydrogen-bond donors (Lipinski definition) is 1. The molecule has 0 bridgehead atoms. The predicted molar refractivity (Wildman–Crippen MR) is 87.6 cm³/mol. The molecule has 146 valence electrons. The molecule has 0 aliphatic heterocycles. The van der Waals surface area contributed by atoms with Crippen LogP contribution < -0.4 is 5.32 Å². The van der Waals surface area contributed by atoms with Gasteiger partial charge in [0, 0.05) is 0 Å². The van der Waals surface area contributed by atoms with Gasteiger partial charge in [-0.3, -0.25) is 4.79 Å². The van der Waals surface area contributed by atoms with Crippen molar-refractivity contribution >= 4 is 11.6 Å². The topological polar surface area (TPSA) is 46.9 Å². The third-order valence-electron chi connectivity index (χ3n) is 3.84. The molecule has 0 unspecified atom stereocenters. The molecular formula is C18H11F6N3O. The van der Waals surface area contributed by atoms with Gasteiger partial charge in [0.15, 0.2) is 23.1 Å². The van der Waals surface area contributed by atoms with Crippen LogP contribution in [0.3, 0.4) is 0 Å². The van der Waals surface area contributed by atoms with E-state index in [1.165, 1.54) is 12.1 Å². The van der Waals surface area contributed by atoms with E-state index in [0.29, 0.717) is 23.0 Å². The second kappa shape index (κ2) is 7.02. The van der Waals surface area contributed by atoms with Crippen molar-refractivity contribution in [3.05, 3.63) is 76.9 Å². The van der Waals surface area contributed by atoms with Crippen molar-refractivity contribution in [3.8, 4) is 5.69 Å². The second-order valence-electron chi connectivity index (χ2n) is 5.83. The van der Waals surface area contributed by atoms with Gasteiger partial charge in [0.25, 0.3) is 5.91 Å². The maximum atomic E-state index is 13.7. The zero-order valence-corrected chi connectivity index (χ0v) is 14.1. The lowest BCUT2D eigenvalue weighted by Crippen LogP contribution is -2.21. The number of benzene rings is 2. The van der Waals surface area contributed by atoms with Crippen molar-refractivity contribution in [3.63, 3.8) is 0 Å². The van der Waals surface area contributed by atoms with Crippen LogP contribution in [0.2, 0.25) is 0 Å². The Labute approximate surface area is 154 Å². The minimum absolute atomic E-state index is 0.0518. The van der Waals surface area contributed by atoms with Crippen LogP contribution in [0.15, 0.2) is 42.6 Å². The largest absolute Gasteiger partial charge is 0.434 e. The standard InChI is InChI=1S/C18H11F6N3O/c1-9-2-4-10(5-3-9)27-16(18(22,23)24)11(8-25-27)17(28)26-13-7-6-12(19)14(20)15(13)21/h2-8H,1H3,(H,26,28). The lowest BCUT2D eigenvalue weighted by atomic mass is 10.2. The number of halogens is 6. The Hall–Kier alpha value is -3.30. The fraction of sp³-hybridized carbons (Fsp3) is 0.111. The van der Waals surface area contributed by atoms with Gasteiger partial charge in [0.2, 0.25) is 0 Å². The summed E-state index contributed by atoms with van der Waals surface area (Å²) in [6.45, 7) is 1.74. The van der Waals surface area contributed by atoms with E-state index in [9.17, 15) is 31.1 Å². The fourth-order valence-corrected chi connectivity index (χ4v) is 2.48. The first-order chi connectivity index (χ1) is 13.1. The van der Waals surface area contributed by atoms with Gasteiger partial charge in [-0.1, -0.05) is 17.7 Å². The van der Waals surface area contributed by atoms with E-state index in [-0.39, 0.29) is 5.69 Å². The predicted octanol–water partition coefficient (Wildman–Crippen LogP) is 4.87. The first-order valence-corrected chi connectivity index (χ1v) is 7.76. The van der Waals surface area contributed by atoms with Gasteiger partial charge in [0.1, 0.15) is 0 Å². The highest BCUT2D eigenvalue weighted by molar-refractivity contribution is 6.05. The lowest BCUT2D eigenvalue weighted by molar-refractivity contribution is -0.143. The number of hydrogen-bond acceptors (Lipinski definition) is 2. The molecule has 3 aromatic rings. The Kier molecular flexibility index (Phi) is 4.88. The van der Waals surface area contributed by atoms with E-state index in [0.717, 1.165) is 5.56 Å². The average Bonchev–Trinajstić information content (AvgIpc) is 3.08. The van der Waals surface area contributed by atoms with Crippen LogP contribution in [-0.4, -0.2) is 15.7 Å². The number of carbonyl (C=O) groups is 1. The summed E-state index contributed by atoms with van der Waals surface area (Å²) in [6, 6.07) is 7.13. The van der Waals surface area contributed by atoms with Crippen molar-refractivity contribution < 1.29 is 31.1 Å². The SMILES string of the molecule is Cc1ccc(-n2ncc(C(=O)Nc3ccc(F)c(F)c3F)c2C(F)(F)F)cc1. The molecule has 0 radical (unpaired) electrons. The minimum Gasteiger partial charge on any atom is -0.319 e. The highest BCUT2D eigenvalue weighted by atomic mass is 19.4. The number of alkyl halides is 3. The molecule has 0 aliphatic carbocycles. The van der Waals surface area contributed by atoms with Crippen molar-refractivity contribution in [2.45, 2.75) is 13.1 Å². The van der Waals surface area contributed by atoms with Crippen LogP contribution in [0.1, 0.15) is 21.6 Å². The zero-order chi connectivity index (χ0) is 20.6. The summed E-state index contributed by atoms with van der Waals surface area (Å²) >= 11 is 0. The van der Waals surface area contributed by atoms with Gasteiger partial charge >= 0.3 is 6.18 Å². The number of anilines is 1. The van der Waals surface area contributed by atoms with Crippen LogP contribution in [0.5, 0.6) is 0 Å². The molecule has 0 fully saturated rings. The minimum atomic E-state index is -4.97. The summed E-state index contributed by atoms with van der Waals surface area (Å²) in [5.41, 5.74) is -2.25. The van der Waals surface area contributed by atoms with E-state index in [1.807, 2.05) is 5.32 Å². The maximum Gasteiger partial charge on any atom is 0.434 e. The van der Waals surface area contributed by atoms with Gasteiger partial charge in [-0.2, -0.15) is 18.3 Å². The number of amides is 1. The van der Waals surface area contributed by atoms with Crippen LogP contribution >= 0.6 is 0 Å². The monoisotopic (exact) mass is 399 g/mol. The summed E-state index contributed by atoms with van der Waals surface area (Å²) in [7, 11) is 0. The number of aromatic nitrogens is 2. The molecule has 0 atom stereocenters. The Morgan fingerprint density at radius 2 is 1.64 bits per heavy atom. The van der Waals surface area contributed by atoms with Crippen molar-refractivity contribution in [2.24, 2.45) is 0 Å². The molecular weight excluding hydrogens is 388 g/mol. The molecule has 2 aromatic carbocycles. The number of carbonyl (C=O) groups excluding carboxylic acids is 1. The molecule has 1 aromatic heterocycles. The lowest BCUT2D eigenvalue weighted by Gasteiger charge is -2.13. The van der Waals surface area contributed by atoms with Gasteiger partial charge in [-0.25, -0.2) is 17.9 Å². The Morgan fingerprint density at radius 1 is 1.00 bits per heavy atom. The highest BCUT2D eigenvalue weighted by Gasteiger charge is 2.40. The molecule has 28 heavy (non-hydrogen) atoms. The van der Waals surface area contributed by atoms with Gasteiger partial charge in [-0.05, 0) is 31.2 Å². The Balaban J connectivity index is 2.03. The molecule has 1 heterocycles. The molecule has 0 spiro atoms. The van der Waals surface area contributed by atoms with E-state index in [4.69, 9.17) is 0 Å². The van der Waals surface area contributed by atoms with Crippen molar-refractivity contribution in [1.29, 1.82) is 0 Å². The molecule has 0 saturated heterocycles. The van der Waals surface area contributed by atoms with E-state index in [1.54, 1.807) is 19.1 Å². The van der Waals surface area contributed by atoms with Crippen molar-refractivity contribution in [2.75, 3.05) is 5.32 Å². The number of rotatable bonds is 3. The van der Waals surface area contributed by atoms with Gasteiger partial charge in [-0.15, -0.1) is 0 Å². The van der Waals surface area contributed by atoms with Gasteiger partial charge < -0.3 is 5.32 Å². The zero-order valence-electron chi connectivity index (χ0n) is 14.1. The van der Waals surface area contributed by atoms with E-state index in [2.05, 4.69) is 5.10 Å². The average molecular weight is 399 g/mol. The summed E-state index contributed by atoms with van der Waals surface area (Å²) in [5.74, 6) is -6.47. The highest BCUT2D eigenvalue weighted by Crippen LogP contribution is 2.34. The maximum absolute atomic E-state index is 13.7. The van der Waals surface area contributed by atoms with Crippen LogP contribution in [0, 0.1) is 24.4 Å².